The number of methoxy groups -OCH3 is 1. The number of Topliss-reactive ketones (excluding diaryl/α,β-unsaturated/α-hetero) is 1. The highest BCUT2D eigenvalue weighted by Crippen LogP contribution is 2.29. The number of amides is 3. The van der Waals surface area contributed by atoms with Crippen LogP contribution in [0.3, 0.4) is 0 Å². The molecule has 4 atom stereocenters. The van der Waals surface area contributed by atoms with Crippen LogP contribution in [0.2, 0.25) is 0 Å². The van der Waals surface area contributed by atoms with E-state index in [0.29, 0.717) is 32.8 Å². The van der Waals surface area contributed by atoms with Crippen molar-refractivity contribution in [2.24, 2.45) is 11.1 Å². The van der Waals surface area contributed by atoms with Crippen LogP contribution in [0, 0.1) is 5.92 Å². The molecule has 2 aliphatic rings. The standard InChI is InChI=1S/C32H47N5O8/c1-21(2)15-24(28(38)32(4)20-45-32)33-29(39)25(17-23-9-7-6-8-10-23)34-31(41)27(19-43-5)35-30(40)26(36-42)16-22(3)18-37-11-13-44-14-12-37/h6-10,16,21,24-25,27,42H,11-15,17-20H2,1-5H3,(H,33,39)(H,34,41)(H,35,40)/b22-16+,36-26+/t24-,25-,27-,32?/m0/s1. The van der Waals surface area contributed by atoms with Crippen molar-refractivity contribution in [1.29, 1.82) is 0 Å². The highest BCUT2D eigenvalue weighted by Gasteiger charge is 2.50. The number of carbonyl (C=O) groups excluding carboxylic acids is 4. The molecule has 0 aliphatic carbocycles. The minimum atomic E-state index is -1.22. The Morgan fingerprint density at radius 2 is 1.67 bits per heavy atom. The molecule has 1 aromatic carbocycles. The molecule has 0 saturated carbocycles. The van der Waals surface area contributed by atoms with E-state index in [-0.39, 0.29) is 30.4 Å². The summed E-state index contributed by atoms with van der Waals surface area (Å²) in [4.78, 5) is 55.6. The second-order valence-corrected chi connectivity index (χ2v) is 12.2. The number of morpholine rings is 1. The van der Waals surface area contributed by atoms with Crippen molar-refractivity contribution in [2.45, 2.75) is 64.3 Å². The third-order valence-electron chi connectivity index (χ3n) is 7.61. The SMILES string of the molecule is COC[C@H](NC(=O)C(/C=C(\C)CN1CCOCC1)=N/O)C(=O)N[C@@H](Cc1ccccc1)C(=O)N[C@@H](CC(C)C)C(=O)C1(C)CO1. The average Bonchev–Trinajstić information content (AvgIpc) is 3.77. The molecular formula is C32H47N5O8. The molecular weight excluding hydrogens is 582 g/mol. The van der Waals surface area contributed by atoms with Gasteiger partial charge in [-0.1, -0.05) is 54.9 Å². The Labute approximate surface area is 264 Å². The molecule has 0 radical (unpaired) electrons. The number of nitrogens with zero attached hydrogens (tertiary/aromatic N) is 2. The molecule has 248 valence electrons. The van der Waals surface area contributed by atoms with Gasteiger partial charge in [0.1, 0.15) is 17.7 Å². The van der Waals surface area contributed by atoms with Gasteiger partial charge in [-0.3, -0.25) is 24.1 Å². The first-order chi connectivity index (χ1) is 21.4. The Balaban J connectivity index is 1.74. The summed E-state index contributed by atoms with van der Waals surface area (Å²) in [5.41, 5.74) is 0.354. The van der Waals surface area contributed by atoms with Crippen molar-refractivity contribution in [3.63, 3.8) is 0 Å². The Morgan fingerprint density at radius 3 is 2.24 bits per heavy atom. The first kappa shape index (κ1) is 35.8. The third kappa shape index (κ3) is 11.3. The van der Waals surface area contributed by atoms with Crippen LogP contribution in [0.25, 0.3) is 0 Å². The Kier molecular flexibility index (Phi) is 13.7. The molecule has 2 saturated heterocycles. The Hall–Kier alpha value is -3.65. The number of nitrogens with one attached hydrogen (secondary N) is 3. The summed E-state index contributed by atoms with van der Waals surface area (Å²) in [7, 11) is 1.37. The van der Waals surface area contributed by atoms with Gasteiger partial charge >= 0.3 is 0 Å². The number of rotatable bonds is 17. The van der Waals surface area contributed by atoms with Crippen molar-refractivity contribution in [3.8, 4) is 0 Å². The lowest BCUT2D eigenvalue weighted by atomic mass is 9.93. The van der Waals surface area contributed by atoms with Gasteiger partial charge in [0, 0.05) is 33.2 Å². The summed E-state index contributed by atoms with van der Waals surface area (Å²) in [6.07, 6.45) is 1.99. The van der Waals surface area contributed by atoms with Crippen LogP contribution in [0.1, 0.15) is 39.7 Å². The minimum absolute atomic E-state index is 0.110. The van der Waals surface area contributed by atoms with Gasteiger partial charge in [-0.25, -0.2) is 0 Å². The minimum Gasteiger partial charge on any atom is -0.410 e. The summed E-state index contributed by atoms with van der Waals surface area (Å²) in [6.45, 7) is 10.8. The zero-order valence-corrected chi connectivity index (χ0v) is 26.8. The average molecular weight is 630 g/mol. The van der Waals surface area contributed by atoms with Crippen molar-refractivity contribution >= 4 is 29.2 Å². The number of ketones is 1. The van der Waals surface area contributed by atoms with Crippen molar-refractivity contribution in [2.75, 3.05) is 53.2 Å². The molecule has 0 spiro atoms. The van der Waals surface area contributed by atoms with E-state index < -0.39 is 41.4 Å². The van der Waals surface area contributed by atoms with Gasteiger partial charge in [0.25, 0.3) is 5.91 Å². The Bertz CT molecular complexity index is 1230. The van der Waals surface area contributed by atoms with Gasteiger partial charge in [-0.15, -0.1) is 0 Å². The fourth-order valence-electron chi connectivity index (χ4n) is 5.04. The number of benzene rings is 1. The zero-order chi connectivity index (χ0) is 33.0. The molecule has 3 amide bonds. The van der Waals surface area contributed by atoms with Crippen LogP contribution < -0.4 is 16.0 Å². The second-order valence-electron chi connectivity index (χ2n) is 12.2. The first-order valence-electron chi connectivity index (χ1n) is 15.3. The van der Waals surface area contributed by atoms with E-state index in [4.69, 9.17) is 14.2 Å². The maximum atomic E-state index is 13.7. The molecule has 13 nitrogen and oxygen atoms in total. The fraction of sp³-hybridized carbons (Fsp3) is 0.594. The molecule has 13 heteroatoms. The molecule has 2 aliphatic heterocycles. The summed E-state index contributed by atoms with van der Waals surface area (Å²) in [6, 6.07) is 6.04. The van der Waals surface area contributed by atoms with E-state index >= 15 is 0 Å². The van der Waals surface area contributed by atoms with Crippen LogP contribution >= 0.6 is 0 Å². The lowest BCUT2D eigenvalue weighted by Crippen LogP contribution is -2.58. The van der Waals surface area contributed by atoms with E-state index in [1.807, 2.05) is 51.1 Å². The van der Waals surface area contributed by atoms with Crippen LogP contribution in [-0.2, 0) is 39.8 Å². The van der Waals surface area contributed by atoms with Gasteiger partial charge in [0.05, 0.1) is 32.5 Å². The maximum absolute atomic E-state index is 13.7. The largest absolute Gasteiger partial charge is 0.410 e. The highest BCUT2D eigenvalue weighted by atomic mass is 16.6. The van der Waals surface area contributed by atoms with Gasteiger partial charge in [0.15, 0.2) is 11.5 Å². The van der Waals surface area contributed by atoms with Crippen LogP contribution in [-0.4, -0.2) is 116 Å². The molecule has 0 bridgehead atoms. The molecule has 45 heavy (non-hydrogen) atoms. The molecule has 1 unspecified atom stereocenters. The highest BCUT2D eigenvalue weighted by molar-refractivity contribution is 6.43. The van der Waals surface area contributed by atoms with E-state index in [1.165, 1.54) is 13.2 Å². The second kappa shape index (κ2) is 17.2. The first-order valence-corrected chi connectivity index (χ1v) is 15.3. The molecule has 1 aromatic rings. The number of epoxide rings is 1. The molecule has 4 N–H and O–H groups in total. The summed E-state index contributed by atoms with van der Waals surface area (Å²) >= 11 is 0. The maximum Gasteiger partial charge on any atom is 0.274 e. The van der Waals surface area contributed by atoms with Crippen molar-refractivity contribution < 1.29 is 38.6 Å². The van der Waals surface area contributed by atoms with E-state index in [0.717, 1.165) is 24.2 Å². The van der Waals surface area contributed by atoms with E-state index in [9.17, 15) is 24.4 Å². The molecule has 2 fully saturated rings. The summed E-state index contributed by atoms with van der Waals surface area (Å²) < 4.78 is 15.9. The Morgan fingerprint density at radius 1 is 1.04 bits per heavy atom. The number of ether oxygens (including phenoxy) is 3. The van der Waals surface area contributed by atoms with Gasteiger partial charge in [0.2, 0.25) is 11.8 Å². The molecule has 0 aromatic heterocycles. The zero-order valence-electron chi connectivity index (χ0n) is 26.8. The number of carbonyl (C=O) groups is 4. The van der Waals surface area contributed by atoms with Crippen LogP contribution in [0.4, 0.5) is 0 Å². The summed E-state index contributed by atoms with van der Waals surface area (Å²) in [5.74, 6) is -2.12. The van der Waals surface area contributed by atoms with E-state index in [1.54, 1.807) is 6.92 Å². The number of hydrogen-bond acceptors (Lipinski definition) is 10. The predicted molar refractivity (Wildman–Crippen MR) is 167 cm³/mol. The normalized spacial score (nSPS) is 21.0. The third-order valence-corrected chi connectivity index (χ3v) is 7.61. The van der Waals surface area contributed by atoms with E-state index in [2.05, 4.69) is 26.0 Å². The van der Waals surface area contributed by atoms with Crippen molar-refractivity contribution in [1.82, 2.24) is 20.9 Å². The number of oxime groups is 1. The van der Waals surface area contributed by atoms with Crippen LogP contribution in [0.5, 0.6) is 0 Å². The topological polar surface area (TPSA) is 171 Å². The lowest BCUT2D eigenvalue weighted by Gasteiger charge is -2.27. The fourth-order valence-corrected chi connectivity index (χ4v) is 5.04. The van der Waals surface area contributed by atoms with Gasteiger partial charge < -0.3 is 35.4 Å². The smallest absolute Gasteiger partial charge is 0.274 e. The van der Waals surface area contributed by atoms with Crippen molar-refractivity contribution in [3.05, 3.63) is 47.5 Å². The monoisotopic (exact) mass is 629 g/mol. The lowest BCUT2D eigenvalue weighted by molar-refractivity contribution is -0.134. The summed E-state index contributed by atoms with van der Waals surface area (Å²) in [5, 5.41) is 20.9. The predicted octanol–water partition coefficient (Wildman–Crippen LogP) is 0.843. The van der Waals surface area contributed by atoms with Gasteiger partial charge in [-0.05, 0) is 37.8 Å². The quantitative estimate of drug-likeness (QED) is 0.0844. The molecule has 2 heterocycles. The van der Waals surface area contributed by atoms with Crippen LogP contribution in [0.15, 0.2) is 47.1 Å². The van der Waals surface area contributed by atoms with Gasteiger partial charge in [-0.2, -0.15) is 0 Å². The molecule has 3 rings (SSSR count). The number of hydrogen-bond donors (Lipinski definition) is 4.